The van der Waals surface area contributed by atoms with Crippen molar-refractivity contribution in [2.45, 2.75) is 20.8 Å². The van der Waals surface area contributed by atoms with Gasteiger partial charge in [0.05, 0.1) is 13.2 Å². The number of hydrogen-bond acceptors (Lipinski definition) is 3. The number of carbonyl (C=O) groups excluding carboxylic acids is 1. The average Bonchev–Trinajstić information content (AvgIpc) is 2.34. The lowest BCUT2D eigenvalue weighted by Gasteiger charge is -2.19. The maximum absolute atomic E-state index is 12.2. The lowest BCUT2D eigenvalue weighted by Crippen LogP contribution is -2.32. The molecule has 0 aliphatic heterocycles. The van der Waals surface area contributed by atoms with E-state index in [1.54, 1.807) is 7.11 Å². The predicted molar refractivity (Wildman–Crippen MR) is 74.2 cm³/mol. The molecule has 3 heteroatoms. The number of ketones is 1. The minimum atomic E-state index is 0.186. The van der Waals surface area contributed by atoms with Crippen LogP contribution in [-0.4, -0.2) is 44.0 Å². The quantitative estimate of drug-likeness (QED) is 0.695. The van der Waals surface area contributed by atoms with Crippen LogP contribution in [-0.2, 0) is 4.74 Å². The van der Waals surface area contributed by atoms with Gasteiger partial charge < -0.3 is 4.74 Å². The molecule has 0 heterocycles. The van der Waals surface area contributed by atoms with E-state index >= 15 is 0 Å². The third-order valence-corrected chi connectivity index (χ3v) is 3.11. The number of ether oxygens (including phenoxy) is 1. The van der Waals surface area contributed by atoms with Crippen molar-refractivity contribution in [3.63, 3.8) is 0 Å². The number of hydrogen-bond donors (Lipinski definition) is 0. The average molecular weight is 249 g/mol. The molecule has 0 fully saturated rings. The summed E-state index contributed by atoms with van der Waals surface area (Å²) in [6.07, 6.45) is 0. The summed E-state index contributed by atoms with van der Waals surface area (Å²) in [7, 11) is 1.68. The maximum Gasteiger partial charge on any atom is 0.177 e. The standard InChI is InChI=1S/C15H23NO2/c1-5-16(8-9-18-4)11-15(17)14-7-6-12(2)10-13(14)3/h6-7,10H,5,8-9,11H2,1-4H3. The first kappa shape index (κ1) is 14.9. The molecule has 0 saturated carbocycles. The molecule has 0 spiro atoms. The second-order valence-electron chi connectivity index (χ2n) is 4.60. The van der Waals surface area contributed by atoms with E-state index in [4.69, 9.17) is 4.74 Å². The van der Waals surface area contributed by atoms with Gasteiger partial charge in [0.1, 0.15) is 0 Å². The van der Waals surface area contributed by atoms with Gasteiger partial charge in [-0.05, 0) is 26.0 Å². The number of carbonyl (C=O) groups is 1. The normalized spacial score (nSPS) is 10.9. The Labute approximate surface area is 110 Å². The molecule has 0 amide bonds. The van der Waals surface area contributed by atoms with E-state index in [9.17, 15) is 4.79 Å². The summed E-state index contributed by atoms with van der Waals surface area (Å²) in [5, 5.41) is 0. The van der Waals surface area contributed by atoms with Crippen molar-refractivity contribution in [2.75, 3.05) is 33.4 Å². The molecule has 0 aliphatic carbocycles. The van der Waals surface area contributed by atoms with Crippen LogP contribution in [0.2, 0.25) is 0 Å². The van der Waals surface area contributed by atoms with Gasteiger partial charge in [0.2, 0.25) is 0 Å². The van der Waals surface area contributed by atoms with Crippen molar-refractivity contribution in [1.82, 2.24) is 4.90 Å². The summed E-state index contributed by atoms with van der Waals surface area (Å²) in [5.74, 6) is 0.186. The van der Waals surface area contributed by atoms with Gasteiger partial charge in [-0.2, -0.15) is 0 Å². The van der Waals surface area contributed by atoms with E-state index in [1.807, 2.05) is 26.0 Å². The van der Waals surface area contributed by atoms with E-state index in [1.165, 1.54) is 5.56 Å². The Hall–Kier alpha value is -1.19. The lowest BCUT2D eigenvalue weighted by molar-refractivity contribution is 0.0901. The Balaban J connectivity index is 2.68. The van der Waals surface area contributed by atoms with Gasteiger partial charge in [-0.15, -0.1) is 0 Å². The molecule has 1 aromatic rings. The molecule has 100 valence electrons. The molecule has 0 unspecified atom stereocenters. The molecule has 1 rings (SSSR count). The van der Waals surface area contributed by atoms with E-state index in [0.717, 1.165) is 24.2 Å². The summed E-state index contributed by atoms with van der Waals surface area (Å²) in [6.45, 7) is 8.87. The third-order valence-electron chi connectivity index (χ3n) is 3.11. The van der Waals surface area contributed by atoms with Gasteiger partial charge in [0.25, 0.3) is 0 Å². The minimum absolute atomic E-state index is 0.186. The molecule has 0 aliphatic rings. The number of rotatable bonds is 7. The van der Waals surface area contributed by atoms with Crippen molar-refractivity contribution in [3.8, 4) is 0 Å². The minimum Gasteiger partial charge on any atom is -0.383 e. The molecule has 0 saturated heterocycles. The molecule has 3 nitrogen and oxygen atoms in total. The van der Waals surface area contributed by atoms with Gasteiger partial charge in [0, 0.05) is 19.2 Å². The van der Waals surface area contributed by atoms with Crippen LogP contribution < -0.4 is 0 Å². The second kappa shape index (κ2) is 7.29. The molecule has 0 aromatic heterocycles. The molecule has 18 heavy (non-hydrogen) atoms. The fourth-order valence-electron chi connectivity index (χ4n) is 1.98. The van der Waals surface area contributed by atoms with Crippen LogP contribution in [0.25, 0.3) is 0 Å². The summed E-state index contributed by atoms with van der Waals surface area (Å²) in [5.41, 5.74) is 3.08. The monoisotopic (exact) mass is 249 g/mol. The number of benzene rings is 1. The van der Waals surface area contributed by atoms with Crippen molar-refractivity contribution in [2.24, 2.45) is 0 Å². The molecule has 0 atom stereocenters. The third kappa shape index (κ3) is 4.24. The van der Waals surface area contributed by atoms with Gasteiger partial charge in [-0.3, -0.25) is 9.69 Å². The van der Waals surface area contributed by atoms with Crippen LogP contribution in [0.1, 0.15) is 28.4 Å². The van der Waals surface area contributed by atoms with Crippen LogP contribution >= 0.6 is 0 Å². The van der Waals surface area contributed by atoms with Crippen molar-refractivity contribution in [3.05, 3.63) is 34.9 Å². The fourth-order valence-corrected chi connectivity index (χ4v) is 1.98. The maximum atomic E-state index is 12.2. The second-order valence-corrected chi connectivity index (χ2v) is 4.60. The van der Waals surface area contributed by atoms with E-state index in [0.29, 0.717) is 13.2 Å². The lowest BCUT2D eigenvalue weighted by atomic mass is 10.0. The highest BCUT2D eigenvalue weighted by Gasteiger charge is 2.13. The van der Waals surface area contributed by atoms with Crippen LogP contribution in [0.3, 0.4) is 0 Å². The first-order valence-corrected chi connectivity index (χ1v) is 6.40. The SMILES string of the molecule is CCN(CCOC)CC(=O)c1ccc(C)cc1C. The Kier molecular flexibility index (Phi) is 6.02. The number of nitrogens with zero attached hydrogens (tertiary/aromatic N) is 1. The highest BCUT2D eigenvalue weighted by molar-refractivity contribution is 5.98. The first-order chi connectivity index (χ1) is 8.58. The van der Waals surface area contributed by atoms with E-state index in [-0.39, 0.29) is 5.78 Å². The van der Waals surface area contributed by atoms with Crippen LogP contribution in [0.15, 0.2) is 18.2 Å². The van der Waals surface area contributed by atoms with Crippen molar-refractivity contribution < 1.29 is 9.53 Å². The topological polar surface area (TPSA) is 29.5 Å². The van der Waals surface area contributed by atoms with Crippen LogP contribution in [0, 0.1) is 13.8 Å². The predicted octanol–water partition coefficient (Wildman–Crippen LogP) is 2.45. The Morgan fingerprint density at radius 2 is 2.06 bits per heavy atom. The van der Waals surface area contributed by atoms with Crippen LogP contribution in [0.4, 0.5) is 0 Å². The smallest absolute Gasteiger partial charge is 0.177 e. The molecule has 0 bridgehead atoms. The van der Waals surface area contributed by atoms with Crippen LogP contribution in [0.5, 0.6) is 0 Å². The molecule has 0 radical (unpaired) electrons. The first-order valence-electron chi connectivity index (χ1n) is 6.40. The summed E-state index contributed by atoms with van der Waals surface area (Å²) >= 11 is 0. The largest absolute Gasteiger partial charge is 0.383 e. The van der Waals surface area contributed by atoms with Gasteiger partial charge in [0.15, 0.2) is 5.78 Å². The van der Waals surface area contributed by atoms with E-state index in [2.05, 4.69) is 17.9 Å². The Morgan fingerprint density at radius 3 is 2.61 bits per heavy atom. The Morgan fingerprint density at radius 1 is 1.33 bits per heavy atom. The fraction of sp³-hybridized carbons (Fsp3) is 0.533. The molecular formula is C15H23NO2. The van der Waals surface area contributed by atoms with Gasteiger partial charge >= 0.3 is 0 Å². The van der Waals surface area contributed by atoms with Crippen molar-refractivity contribution >= 4 is 5.78 Å². The number of methoxy groups -OCH3 is 1. The number of aryl methyl sites for hydroxylation is 2. The van der Waals surface area contributed by atoms with Crippen molar-refractivity contribution in [1.29, 1.82) is 0 Å². The summed E-state index contributed by atoms with van der Waals surface area (Å²) in [6, 6.07) is 5.97. The summed E-state index contributed by atoms with van der Waals surface area (Å²) in [4.78, 5) is 14.3. The summed E-state index contributed by atoms with van der Waals surface area (Å²) < 4.78 is 5.05. The Bertz CT molecular complexity index is 401. The zero-order valence-electron chi connectivity index (χ0n) is 11.8. The highest BCUT2D eigenvalue weighted by atomic mass is 16.5. The number of likely N-dealkylation sites (N-methyl/N-ethyl adjacent to an activating group) is 1. The molecule has 0 N–H and O–H groups in total. The highest BCUT2D eigenvalue weighted by Crippen LogP contribution is 2.11. The zero-order valence-corrected chi connectivity index (χ0v) is 11.8. The van der Waals surface area contributed by atoms with Gasteiger partial charge in [-0.1, -0.05) is 30.7 Å². The molecule has 1 aromatic carbocycles. The zero-order chi connectivity index (χ0) is 13.5. The molecular weight excluding hydrogens is 226 g/mol. The van der Waals surface area contributed by atoms with Gasteiger partial charge in [-0.25, -0.2) is 0 Å². The number of Topliss-reactive ketones (excluding diaryl/α,β-unsaturated/α-hetero) is 1. The van der Waals surface area contributed by atoms with E-state index < -0.39 is 0 Å².